The number of aryl methyl sites for hydroxylation is 2. The summed E-state index contributed by atoms with van der Waals surface area (Å²) >= 11 is 0. The molecule has 2 heterocycles. The van der Waals surface area contributed by atoms with Crippen molar-refractivity contribution in [3.63, 3.8) is 0 Å². The van der Waals surface area contributed by atoms with E-state index in [0.29, 0.717) is 12.5 Å². The largest absolute Gasteiger partial charge is 0.496 e. The second-order valence-corrected chi connectivity index (χ2v) is 7.60. The molecule has 0 aliphatic carbocycles. The summed E-state index contributed by atoms with van der Waals surface area (Å²) in [6.07, 6.45) is 3.71. The Morgan fingerprint density at radius 2 is 1.75 bits per heavy atom. The molecule has 0 amide bonds. The van der Waals surface area contributed by atoms with Gasteiger partial charge in [-0.05, 0) is 56.4 Å². The number of ether oxygens (including phenoxy) is 1. The summed E-state index contributed by atoms with van der Waals surface area (Å²) in [5, 5.41) is 4.48. The Bertz CT molecular complexity index is 962. The van der Waals surface area contributed by atoms with Crippen LogP contribution >= 0.6 is 0 Å². The maximum Gasteiger partial charge on any atom is 0.225 e. The minimum absolute atomic E-state index is 0.679. The van der Waals surface area contributed by atoms with Crippen molar-refractivity contribution in [3.8, 4) is 5.75 Å². The van der Waals surface area contributed by atoms with Gasteiger partial charge in [0.15, 0.2) is 0 Å². The van der Waals surface area contributed by atoms with E-state index in [0.717, 1.165) is 41.1 Å². The molecule has 0 radical (unpaired) electrons. The zero-order valence-electron chi connectivity index (χ0n) is 17.0. The maximum atomic E-state index is 5.55. The van der Waals surface area contributed by atoms with Crippen LogP contribution in [0.2, 0.25) is 0 Å². The van der Waals surface area contributed by atoms with Crippen LogP contribution in [0.3, 0.4) is 0 Å². The Kier molecular flexibility index (Phi) is 5.33. The van der Waals surface area contributed by atoms with Gasteiger partial charge in [-0.3, -0.25) is 0 Å². The van der Waals surface area contributed by atoms with E-state index in [9.17, 15) is 0 Å². The topological polar surface area (TPSA) is 50.3 Å². The molecule has 4 rings (SSSR count). The summed E-state index contributed by atoms with van der Waals surface area (Å²) in [6, 6.07) is 12.7. The predicted octanol–water partition coefficient (Wildman–Crippen LogP) is 4.86. The highest BCUT2D eigenvalue weighted by atomic mass is 16.5. The lowest BCUT2D eigenvalue weighted by Gasteiger charge is -2.29. The number of aromatic nitrogens is 2. The third-order valence-electron chi connectivity index (χ3n) is 5.42. The number of rotatable bonds is 5. The first kappa shape index (κ1) is 18.5. The van der Waals surface area contributed by atoms with Crippen LogP contribution in [0.15, 0.2) is 36.4 Å². The zero-order valence-corrected chi connectivity index (χ0v) is 17.0. The number of benzene rings is 2. The second kappa shape index (κ2) is 8.05. The zero-order chi connectivity index (χ0) is 19.5. The Hall–Kier alpha value is -2.82. The van der Waals surface area contributed by atoms with E-state index in [4.69, 9.17) is 14.7 Å². The van der Waals surface area contributed by atoms with Crippen LogP contribution in [0.4, 0.5) is 11.8 Å². The van der Waals surface area contributed by atoms with Crippen LogP contribution in [-0.4, -0.2) is 30.2 Å². The molecule has 3 aromatic rings. The minimum atomic E-state index is 0.679. The summed E-state index contributed by atoms with van der Waals surface area (Å²) in [5.74, 6) is 2.57. The molecule has 0 spiro atoms. The Morgan fingerprint density at radius 1 is 1.00 bits per heavy atom. The number of hydrogen-bond acceptors (Lipinski definition) is 5. The summed E-state index contributed by atoms with van der Waals surface area (Å²) in [7, 11) is 1.72. The average molecular weight is 377 g/mol. The van der Waals surface area contributed by atoms with Crippen molar-refractivity contribution in [2.75, 3.05) is 30.4 Å². The Morgan fingerprint density at radius 3 is 2.46 bits per heavy atom. The lowest BCUT2D eigenvalue weighted by Crippen LogP contribution is -2.30. The number of nitrogens with one attached hydrogen (secondary N) is 1. The van der Waals surface area contributed by atoms with Gasteiger partial charge in [-0.1, -0.05) is 29.8 Å². The Labute approximate surface area is 166 Å². The number of hydrogen-bond donors (Lipinski definition) is 1. The molecule has 1 aliphatic heterocycles. The van der Waals surface area contributed by atoms with Crippen molar-refractivity contribution >= 4 is 22.7 Å². The minimum Gasteiger partial charge on any atom is -0.496 e. The van der Waals surface area contributed by atoms with E-state index in [1.165, 1.54) is 30.4 Å². The number of piperidine rings is 1. The van der Waals surface area contributed by atoms with Gasteiger partial charge >= 0.3 is 0 Å². The van der Waals surface area contributed by atoms with Crippen LogP contribution in [0, 0.1) is 13.8 Å². The molecule has 0 unspecified atom stereocenters. The summed E-state index contributed by atoms with van der Waals surface area (Å²) < 4.78 is 5.55. The summed E-state index contributed by atoms with van der Waals surface area (Å²) in [4.78, 5) is 12.1. The van der Waals surface area contributed by atoms with Crippen LogP contribution < -0.4 is 15.0 Å². The Balaban J connectivity index is 1.71. The monoisotopic (exact) mass is 376 g/mol. The fraction of sp³-hybridized carbons (Fsp3) is 0.391. The molecular formula is C23H28N4O. The summed E-state index contributed by atoms with van der Waals surface area (Å²) in [6.45, 7) is 6.95. The van der Waals surface area contributed by atoms with Gasteiger partial charge in [-0.2, -0.15) is 4.98 Å². The fourth-order valence-corrected chi connectivity index (χ4v) is 3.78. The van der Waals surface area contributed by atoms with Gasteiger partial charge in [0.1, 0.15) is 11.6 Å². The predicted molar refractivity (Wildman–Crippen MR) is 115 cm³/mol. The van der Waals surface area contributed by atoms with E-state index < -0.39 is 0 Å². The molecule has 1 aliphatic rings. The average Bonchev–Trinajstić information content (AvgIpc) is 2.73. The van der Waals surface area contributed by atoms with E-state index in [-0.39, 0.29) is 0 Å². The van der Waals surface area contributed by atoms with Crippen molar-refractivity contribution in [1.82, 2.24) is 9.97 Å². The number of methoxy groups -OCH3 is 1. The highest BCUT2D eigenvalue weighted by molar-refractivity contribution is 5.92. The second-order valence-electron chi connectivity index (χ2n) is 7.60. The van der Waals surface area contributed by atoms with Gasteiger partial charge in [0.2, 0.25) is 5.95 Å². The highest BCUT2D eigenvalue weighted by Gasteiger charge is 2.18. The number of fused-ring (bicyclic) bond motifs is 1. The lowest BCUT2D eigenvalue weighted by molar-refractivity contribution is 0.412. The molecule has 0 atom stereocenters. The molecule has 1 saturated heterocycles. The van der Waals surface area contributed by atoms with E-state index in [1.807, 2.05) is 0 Å². The normalized spacial score (nSPS) is 14.3. The SMILES string of the molecule is COc1cc2c(N3CCCCC3)nc(NCc3ccc(C)cc3)nc2cc1C. The molecule has 1 N–H and O–H groups in total. The standard InChI is InChI=1S/C23H28N4O/c1-16-7-9-18(10-8-16)15-24-23-25-20-13-17(2)21(28-3)14-19(20)22(26-23)27-11-5-4-6-12-27/h7-10,13-14H,4-6,11-12,15H2,1-3H3,(H,24,25,26). The van der Waals surface area contributed by atoms with Crippen molar-refractivity contribution in [2.24, 2.45) is 0 Å². The smallest absolute Gasteiger partial charge is 0.225 e. The quantitative estimate of drug-likeness (QED) is 0.689. The molecule has 1 fully saturated rings. The third-order valence-corrected chi connectivity index (χ3v) is 5.42. The molecule has 0 bridgehead atoms. The molecule has 5 nitrogen and oxygen atoms in total. The third kappa shape index (κ3) is 3.88. The number of nitrogens with zero attached hydrogens (tertiary/aromatic N) is 3. The van der Waals surface area contributed by atoms with Gasteiger partial charge in [0.25, 0.3) is 0 Å². The molecule has 0 saturated carbocycles. The lowest BCUT2D eigenvalue weighted by atomic mass is 10.1. The molecule has 28 heavy (non-hydrogen) atoms. The molecule has 1 aromatic heterocycles. The van der Waals surface area contributed by atoms with E-state index in [2.05, 4.69) is 60.5 Å². The first-order chi connectivity index (χ1) is 13.6. The van der Waals surface area contributed by atoms with E-state index in [1.54, 1.807) is 7.11 Å². The van der Waals surface area contributed by atoms with Gasteiger partial charge in [-0.15, -0.1) is 0 Å². The summed E-state index contributed by atoms with van der Waals surface area (Å²) in [5.41, 5.74) is 4.53. The van der Waals surface area contributed by atoms with Crippen LogP contribution in [0.5, 0.6) is 5.75 Å². The molecule has 5 heteroatoms. The number of anilines is 2. The molecular weight excluding hydrogens is 348 g/mol. The highest BCUT2D eigenvalue weighted by Crippen LogP contribution is 2.32. The van der Waals surface area contributed by atoms with Crippen LogP contribution in [0.25, 0.3) is 10.9 Å². The van der Waals surface area contributed by atoms with Crippen molar-refractivity contribution in [2.45, 2.75) is 39.7 Å². The van der Waals surface area contributed by atoms with Gasteiger partial charge in [-0.25, -0.2) is 4.98 Å². The first-order valence-corrected chi connectivity index (χ1v) is 10.0. The van der Waals surface area contributed by atoms with Gasteiger partial charge in [0, 0.05) is 25.0 Å². The van der Waals surface area contributed by atoms with Crippen molar-refractivity contribution < 1.29 is 4.74 Å². The van der Waals surface area contributed by atoms with Crippen molar-refractivity contribution in [1.29, 1.82) is 0 Å². The van der Waals surface area contributed by atoms with Crippen molar-refractivity contribution in [3.05, 3.63) is 53.1 Å². The fourth-order valence-electron chi connectivity index (χ4n) is 3.78. The molecule has 2 aromatic carbocycles. The first-order valence-electron chi connectivity index (χ1n) is 10.0. The van der Waals surface area contributed by atoms with Gasteiger partial charge < -0.3 is 15.0 Å². The van der Waals surface area contributed by atoms with Crippen LogP contribution in [-0.2, 0) is 6.54 Å². The maximum absolute atomic E-state index is 5.55. The van der Waals surface area contributed by atoms with Gasteiger partial charge in [0.05, 0.1) is 12.6 Å². The van der Waals surface area contributed by atoms with Crippen LogP contribution in [0.1, 0.15) is 36.0 Å². The molecule has 146 valence electrons. The van der Waals surface area contributed by atoms with E-state index >= 15 is 0 Å².